The Morgan fingerprint density at radius 1 is 1.29 bits per heavy atom. The van der Waals surface area contributed by atoms with Crippen molar-refractivity contribution in [2.45, 2.75) is 26.0 Å². The number of rotatable bonds is 5. The summed E-state index contributed by atoms with van der Waals surface area (Å²) >= 11 is 7.60. The lowest BCUT2D eigenvalue weighted by atomic mass is 10.1. The van der Waals surface area contributed by atoms with Gasteiger partial charge in [-0.2, -0.15) is 11.8 Å². The van der Waals surface area contributed by atoms with Crippen molar-refractivity contribution in [1.82, 2.24) is 0 Å². The van der Waals surface area contributed by atoms with E-state index in [0.29, 0.717) is 0 Å². The Balaban J connectivity index is 2.45. The highest BCUT2D eigenvalue weighted by Gasteiger charge is 1.98. The number of aryl methyl sites for hydroxylation is 2. The molecule has 0 aliphatic rings. The van der Waals surface area contributed by atoms with Crippen LogP contribution in [0, 0.1) is 13.8 Å². The lowest BCUT2D eigenvalue weighted by Crippen LogP contribution is -1.89. The van der Waals surface area contributed by atoms with Gasteiger partial charge in [-0.3, -0.25) is 0 Å². The summed E-state index contributed by atoms with van der Waals surface area (Å²) < 4.78 is 0. The van der Waals surface area contributed by atoms with E-state index in [0.717, 1.165) is 23.8 Å². The Bertz CT molecular complexity index is 284. The van der Waals surface area contributed by atoms with Crippen LogP contribution in [-0.2, 0) is 5.75 Å². The van der Waals surface area contributed by atoms with Gasteiger partial charge in [0.1, 0.15) is 0 Å². The number of benzene rings is 1. The molecule has 0 aliphatic heterocycles. The van der Waals surface area contributed by atoms with Crippen molar-refractivity contribution in [1.29, 1.82) is 0 Å². The molecule has 0 bridgehead atoms. The minimum atomic E-state index is 0.778. The van der Waals surface area contributed by atoms with Gasteiger partial charge in [-0.05, 0) is 37.1 Å². The Morgan fingerprint density at radius 2 is 2.07 bits per heavy atom. The maximum atomic E-state index is 5.63. The quantitative estimate of drug-likeness (QED) is 0.539. The molecule has 1 rings (SSSR count). The van der Waals surface area contributed by atoms with Crippen molar-refractivity contribution in [3.8, 4) is 0 Å². The molecule has 0 amide bonds. The van der Waals surface area contributed by atoms with E-state index < -0.39 is 0 Å². The minimum Gasteiger partial charge on any atom is -0.157 e. The molecule has 0 N–H and O–H groups in total. The van der Waals surface area contributed by atoms with Crippen LogP contribution in [0.25, 0.3) is 0 Å². The standard InChI is InChI=1S/C12H17ClS/c1-10-4-5-11(2)12(8-10)9-14-7-3-6-13/h4-5,8H,3,6-7,9H2,1-2H3. The summed E-state index contributed by atoms with van der Waals surface area (Å²) in [6.07, 6.45) is 1.11. The maximum Gasteiger partial charge on any atom is 0.0231 e. The largest absolute Gasteiger partial charge is 0.157 e. The molecule has 0 nitrogen and oxygen atoms in total. The highest BCUT2D eigenvalue weighted by Crippen LogP contribution is 2.18. The fourth-order valence-electron chi connectivity index (χ4n) is 1.29. The highest BCUT2D eigenvalue weighted by molar-refractivity contribution is 7.98. The molecule has 2 heteroatoms. The summed E-state index contributed by atoms with van der Waals surface area (Å²) in [5.41, 5.74) is 4.21. The predicted molar refractivity (Wildman–Crippen MR) is 67.4 cm³/mol. The van der Waals surface area contributed by atoms with Gasteiger partial charge in [0.05, 0.1) is 0 Å². The summed E-state index contributed by atoms with van der Waals surface area (Å²) in [7, 11) is 0. The van der Waals surface area contributed by atoms with Gasteiger partial charge < -0.3 is 0 Å². The predicted octanol–water partition coefficient (Wildman–Crippen LogP) is 4.17. The average molecular weight is 229 g/mol. The molecular formula is C12H17ClS. The summed E-state index contributed by atoms with van der Waals surface area (Å²) in [4.78, 5) is 0. The first-order chi connectivity index (χ1) is 6.74. The van der Waals surface area contributed by atoms with Crippen LogP contribution < -0.4 is 0 Å². The second-order valence-electron chi connectivity index (χ2n) is 3.53. The SMILES string of the molecule is Cc1ccc(C)c(CSCCCCl)c1. The molecule has 78 valence electrons. The van der Waals surface area contributed by atoms with E-state index in [2.05, 4.69) is 32.0 Å². The molecule has 0 heterocycles. The third-order valence-corrected chi connectivity index (χ3v) is 3.54. The molecule has 0 fully saturated rings. The zero-order valence-electron chi connectivity index (χ0n) is 8.85. The van der Waals surface area contributed by atoms with Crippen molar-refractivity contribution in [3.05, 3.63) is 34.9 Å². The van der Waals surface area contributed by atoms with Crippen molar-refractivity contribution < 1.29 is 0 Å². The first kappa shape index (κ1) is 11.9. The van der Waals surface area contributed by atoms with Crippen molar-refractivity contribution in [3.63, 3.8) is 0 Å². The first-order valence-corrected chi connectivity index (χ1v) is 6.63. The number of alkyl halides is 1. The lowest BCUT2D eigenvalue weighted by Gasteiger charge is -2.06. The third kappa shape index (κ3) is 3.93. The van der Waals surface area contributed by atoms with E-state index in [4.69, 9.17) is 11.6 Å². The second-order valence-corrected chi connectivity index (χ2v) is 5.01. The molecule has 0 aliphatic carbocycles. The van der Waals surface area contributed by atoms with Crippen LogP contribution in [0.15, 0.2) is 18.2 Å². The summed E-state index contributed by atoms with van der Waals surface area (Å²) in [5, 5.41) is 0. The van der Waals surface area contributed by atoms with Crippen LogP contribution in [0.1, 0.15) is 23.1 Å². The molecule has 0 saturated carbocycles. The Kier molecular flexibility index (Phi) is 5.42. The molecule has 0 unspecified atom stereocenters. The van der Waals surface area contributed by atoms with E-state index in [9.17, 15) is 0 Å². The fraction of sp³-hybridized carbons (Fsp3) is 0.500. The zero-order valence-corrected chi connectivity index (χ0v) is 10.4. The molecule has 0 radical (unpaired) electrons. The van der Waals surface area contributed by atoms with Gasteiger partial charge in [-0.25, -0.2) is 0 Å². The monoisotopic (exact) mass is 228 g/mol. The van der Waals surface area contributed by atoms with Crippen LogP contribution >= 0.6 is 23.4 Å². The van der Waals surface area contributed by atoms with Crippen molar-refractivity contribution in [2.24, 2.45) is 0 Å². The van der Waals surface area contributed by atoms with Crippen LogP contribution in [-0.4, -0.2) is 11.6 Å². The van der Waals surface area contributed by atoms with Crippen LogP contribution in [0.4, 0.5) is 0 Å². The van der Waals surface area contributed by atoms with Gasteiger partial charge in [0.15, 0.2) is 0 Å². The normalized spacial score (nSPS) is 10.5. The molecule has 0 saturated heterocycles. The second kappa shape index (κ2) is 6.36. The number of hydrogen-bond acceptors (Lipinski definition) is 1. The highest BCUT2D eigenvalue weighted by atomic mass is 35.5. The first-order valence-electron chi connectivity index (χ1n) is 4.94. The van der Waals surface area contributed by atoms with Crippen LogP contribution in [0.5, 0.6) is 0 Å². The Labute approximate surface area is 96.0 Å². The van der Waals surface area contributed by atoms with E-state index in [1.165, 1.54) is 16.7 Å². The summed E-state index contributed by atoms with van der Waals surface area (Å²) in [6, 6.07) is 6.65. The maximum absolute atomic E-state index is 5.63. The van der Waals surface area contributed by atoms with Gasteiger partial charge in [0.2, 0.25) is 0 Å². The van der Waals surface area contributed by atoms with E-state index in [-0.39, 0.29) is 0 Å². The lowest BCUT2D eigenvalue weighted by molar-refractivity contribution is 1.11. The van der Waals surface area contributed by atoms with Crippen molar-refractivity contribution in [2.75, 3.05) is 11.6 Å². The molecule has 0 atom stereocenters. The zero-order chi connectivity index (χ0) is 10.4. The summed E-state index contributed by atoms with van der Waals surface area (Å²) in [5.74, 6) is 3.06. The van der Waals surface area contributed by atoms with E-state index >= 15 is 0 Å². The number of halogens is 1. The van der Waals surface area contributed by atoms with Gasteiger partial charge in [-0.15, -0.1) is 11.6 Å². The van der Waals surface area contributed by atoms with Gasteiger partial charge in [-0.1, -0.05) is 23.8 Å². The Morgan fingerprint density at radius 3 is 2.79 bits per heavy atom. The smallest absolute Gasteiger partial charge is 0.0231 e. The molecule has 0 spiro atoms. The topological polar surface area (TPSA) is 0 Å². The number of hydrogen-bond donors (Lipinski definition) is 0. The van der Waals surface area contributed by atoms with Crippen molar-refractivity contribution >= 4 is 23.4 Å². The van der Waals surface area contributed by atoms with Crippen LogP contribution in [0.3, 0.4) is 0 Å². The summed E-state index contributed by atoms with van der Waals surface area (Å²) in [6.45, 7) is 4.32. The molecule has 1 aromatic carbocycles. The van der Waals surface area contributed by atoms with Gasteiger partial charge in [0, 0.05) is 11.6 Å². The molecular weight excluding hydrogens is 212 g/mol. The average Bonchev–Trinajstić information content (AvgIpc) is 2.18. The van der Waals surface area contributed by atoms with E-state index in [1.54, 1.807) is 0 Å². The third-order valence-electron chi connectivity index (χ3n) is 2.18. The van der Waals surface area contributed by atoms with Gasteiger partial charge in [0.25, 0.3) is 0 Å². The molecule has 14 heavy (non-hydrogen) atoms. The fourth-order valence-corrected chi connectivity index (χ4v) is 2.61. The molecule has 0 aromatic heterocycles. The number of thioether (sulfide) groups is 1. The molecule has 1 aromatic rings. The van der Waals surface area contributed by atoms with E-state index in [1.807, 2.05) is 11.8 Å². The minimum absolute atomic E-state index is 0.778. The van der Waals surface area contributed by atoms with Gasteiger partial charge >= 0.3 is 0 Å². The Hall–Kier alpha value is -0.140. The van der Waals surface area contributed by atoms with Crippen LogP contribution in [0.2, 0.25) is 0 Å².